The maximum absolute atomic E-state index is 9.37. The Bertz CT molecular complexity index is 342. The summed E-state index contributed by atoms with van der Waals surface area (Å²) in [5.74, 6) is 0.857. The largest absolute Gasteiger partial charge is 0.494 e. The van der Waals surface area contributed by atoms with E-state index in [2.05, 4.69) is 4.90 Å². The number of halogens is 1. The molecule has 94 valence electrons. The smallest absolute Gasteiger partial charge is 0.119 e. The van der Waals surface area contributed by atoms with Crippen LogP contribution in [-0.4, -0.2) is 42.4 Å². The van der Waals surface area contributed by atoms with E-state index in [9.17, 15) is 5.11 Å². The number of β-amino-alcohol motifs (C(OH)–C–C–N with tert-alkyl or cyclic N) is 1. The van der Waals surface area contributed by atoms with Crippen LogP contribution >= 0.6 is 11.6 Å². The van der Waals surface area contributed by atoms with Crippen molar-refractivity contribution in [1.82, 2.24) is 4.90 Å². The third-order valence-electron chi connectivity index (χ3n) is 2.95. The number of hydrogen-bond acceptors (Lipinski definition) is 3. The van der Waals surface area contributed by atoms with Crippen LogP contribution in [0.1, 0.15) is 12.8 Å². The summed E-state index contributed by atoms with van der Waals surface area (Å²) in [6.45, 7) is 3.50. The number of benzene rings is 1. The molecule has 1 N–H and O–H groups in total. The van der Waals surface area contributed by atoms with Crippen LogP contribution in [0.25, 0.3) is 0 Å². The maximum Gasteiger partial charge on any atom is 0.119 e. The van der Waals surface area contributed by atoms with Gasteiger partial charge in [0.25, 0.3) is 0 Å². The highest BCUT2D eigenvalue weighted by molar-refractivity contribution is 6.30. The fourth-order valence-electron chi connectivity index (χ4n) is 2.02. The summed E-state index contributed by atoms with van der Waals surface area (Å²) in [5.41, 5.74) is 0. The summed E-state index contributed by atoms with van der Waals surface area (Å²) in [6, 6.07) is 7.41. The topological polar surface area (TPSA) is 32.7 Å². The predicted molar refractivity (Wildman–Crippen MR) is 68.6 cm³/mol. The van der Waals surface area contributed by atoms with Crippen molar-refractivity contribution in [2.45, 2.75) is 18.9 Å². The number of rotatable bonds is 5. The molecule has 1 heterocycles. The monoisotopic (exact) mass is 255 g/mol. The summed E-state index contributed by atoms with van der Waals surface area (Å²) in [6.07, 6.45) is 1.75. The lowest BCUT2D eigenvalue weighted by Gasteiger charge is -2.14. The number of aliphatic hydroxyl groups is 1. The second kappa shape index (κ2) is 6.24. The molecule has 1 aromatic rings. The second-order valence-corrected chi connectivity index (χ2v) is 4.84. The Morgan fingerprint density at radius 3 is 2.76 bits per heavy atom. The predicted octanol–water partition coefficient (Wildman–Crippen LogP) is 2.18. The van der Waals surface area contributed by atoms with E-state index < -0.39 is 0 Å². The van der Waals surface area contributed by atoms with Crippen molar-refractivity contribution in [3.63, 3.8) is 0 Å². The molecule has 2 rings (SSSR count). The fraction of sp³-hybridized carbons (Fsp3) is 0.538. The first-order valence-electron chi connectivity index (χ1n) is 6.03. The lowest BCUT2D eigenvalue weighted by molar-refractivity contribution is 0.173. The van der Waals surface area contributed by atoms with Crippen molar-refractivity contribution in [3.05, 3.63) is 29.3 Å². The van der Waals surface area contributed by atoms with Crippen molar-refractivity contribution < 1.29 is 9.84 Å². The molecule has 0 aromatic heterocycles. The van der Waals surface area contributed by atoms with Gasteiger partial charge in [-0.25, -0.2) is 0 Å². The minimum Gasteiger partial charge on any atom is -0.494 e. The van der Waals surface area contributed by atoms with Gasteiger partial charge in [-0.3, -0.25) is 0 Å². The molecule has 0 radical (unpaired) electrons. The SMILES string of the molecule is O[C@@H]1CCN(CCCOc2ccc(Cl)cc2)C1. The van der Waals surface area contributed by atoms with Gasteiger partial charge in [0, 0.05) is 24.7 Å². The number of nitrogens with zero attached hydrogens (tertiary/aromatic N) is 1. The molecule has 0 aliphatic carbocycles. The molecule has 0 saturated carbocycles. The van der Waals surface area contributed by atoms with Gasteiger partial charge < -0.3 is 14.7 Å². The van der Waals surface area contributed by atoms with Crippen LogP contribution in [0.5, 0.6) is 5.75 Å². The highest BCUT2D eigenvalue weighted by Crippen LogP contribution is 2.15. The molecule has 1 saturated heterocycles. The molecule has 3 nitrogen and oxygen atoms in total. The zero-order chi connectivity index (χ0) is 12.1. The van der Waals surface area contributed by atoms with Gasteiger partial charge in [-0.15, -0.1) is 0 Å². The second-order valence-electron chi connectivity index (χ2n) is 4.40. The van der Waals surface area contributed by atoms with Gasteiger partial charge in [0.05, 0.1) is 12.7 Å². The van der Waals surface area contributed by atoms with Crippen LogP contribution in [0.4, 0.5) is 0 Å². The Morgan fingerprint density at radius 1 is 1.35 bits per heavy atom. The quantitative estimate of drug-likeness (QED) is 0.819. The van der Waals surface area contributed by atoms with Gasteiger partial charge in [-0.05, 0) is 37.1 Å². The highest BCUT2D eigenvalue weighted by atomic mass is 35.5. The zero-order valence-electron chi connectivity index (χ0n) is 9.81. The zero-order valence-corrected chi connectivity index (χ0v) is 10.6. The molecule has 1 fully saturated rings. The van der Waals surface area contributed by atoms with Crippen molar-refractivity contribution in [1.29, 1.82) is 0 Å². The van der Waals surface area contributed by atoms with Crippen LogP contribution in [0.2, 0.25) is 5.02 Å². The summed E-state index contributed by atoms with van der Waals surface area (Å²) >= 11 is 5.79. The summed E-state index contributed by atoms with van der Waals surface area (Å²) in [5, 5.41) is 10.1. The molecular weight excluding hydrogens is 238 g/mol. The van der Waals surface area contributed by atoms with Crippen LogP contribution in [0.15, 0.2) is 24.3 Å². The van der Waals surface area contributed by atoms with Crippen molar-refractivity contribution >= 4 is 11.6 Å². The van der Waals surface area contributed by atoms with Gasteiger partial charge in [0.1, 0.15) is 5.75 Å². The Balaban J connectivity index is 1.61. The summed E-state index contributed by atoms with van der Waals surface area (Å²) < 4.78 is 5.60. The average Bonchev–Trinajstić information content (AvgIpc) is 2.73. The van der Waals surface area contributed by atoms with E-state index in [0.29, 0.717) is 6.61 Å². The highest BCUT2D eigenvalue weighted by Gasteiger charge is 2.18. The molecule has 0 amide bonds. The summed E-state index contributed by atoms with van der Waals surface area (Å²) in [7, 11) is 0. The van der Waals surface area contributed by atoms with Crippen LogP contribution in [0.3, 0.4) is 0 Å². The standard InChI is InChI=1S/C13H18ClNO2/c14-11-2-4-13(5-3-11)17-9-1-7-15-8-6-12(16)10-15/h2-5,12,16H,1,6-10H2/t12-/m1/s1. The lowest BCUT2D eigenvalue weighted by Crippen LogP contribution is -2.24. The molecule has 0 bridgehead atoms. The third-order valence-corrected chi connectivity index (χ3v) is 3.20. The maximum atomic E-state index is 9.37. The number of likely N-dealkylation sites (tertiary alicyclic amines) is 1. The van der Waals surface area contributed by atoms with Crippen molar-refractivity contribution in [3.8, 4) is 5.75 Å². The minimum atomic E-state index is -0.132. The van der Waals surface area contributed by atoms with Gasteiger partial charge in [0.2, 0.25) is 0 Å². The molecule has 0 spiro atoms. The Morgan fingerprint density at radius 2 is 2.12 bits per heavy atom. The molecule has 1 atom stereocenters. The van der Waals surface area contributed by atoms with E-state index in [-0.39, 0.29) is 6.10 Å². The lowest BCUT2D eigenvalue weighted by atomic mass is 10.3. The van der Waals surface area contributed by atoms with Gasteiger partial charge in [-0.2, -0.15) is 0 Å². The molecule has 1 aliphatic heterocycles. The van der Waals surface area contributed by atoms with E-state index in [4.69, 9.17) is 16.3 Å². The van der Waals surface area contributed by atoms with Gasteiger partial charge >= 0.3 is 0 Å². The van der Waals surface area contributed by atoms with Gasteiger partial charge in [-0.1, -0.05) is 11.6 Å². The molecule has 1 aliphatic rings. The number of hydrogen-bond donors (Lipinski definition) is 1. The van der Waals surface area contributed by atoms with Crippen LogP contribution < -0.4 is 4.74 Å². The molecule has 17 heavy (non-hydrogen) atoms. The molecule has 4 heteroatoms. The number of ether oxygens (including phenoxy) is 1. The van der Waals surface area contributed by atoms with Crippen LogP contribution in [-0.2, 0) is 0 Å². The third kappa shape index (κ3) is 4.19. The van der Waals surface area contributed by atoms with Crippen LogP contribution in [0, 0.1) is 0 Å². The van der Waals surface area contributed by atoms with E-state index in [1.807, 2.05) is 24.3 Å². The Kier molecular flexibility index (Phi) is 4.66. The Labute approximate surface area is 107 Å². The van der Waals surface area contributed by atoms with Crippen molar-refractivity contribution in [2.75, 3.05) is 26.2 Å². The fourth-order valence-corrected chi connectivity index (χ4v) is 2.15. The first-order chi connectivity index (χ1) is 8.24. The minimum absolute atomic E-state index is 0.132. The van der Waals surface area contributed by atoms with Crippen molar-refractivity contribution in [2.24, 2.45) is 0 Å². The Hall–Kier alpha value is -0.770. The first kappa shape index (κ1) is 12.7. The summed E-state index contributed by atoms with van der Waals surface area (Å²) in [4.78, 5) is 2.27. The van der Waals surface area contributed by atoms with E-state index >= 15 is 0 Å². The number of aliphatic hydroxyl groups excluding tert-OH is 1. The van der Waals surface area contributed by atoms with E-state index in [1.54, 1.807) is 0 Å². The molecular formula is C13H18ClNO2. The average molecular weight is 256 g/mol. The normalized spacial score (nSPS) is 20.7. The molecule has 1 aromatic carbocycles. The van der Waals surface area contributed by atoms with E-state index in [1.165, 1.54) is 0 Å². The van der Waals surface area contributed by atoms with E-state index in [0.717, 1.165) is 43.2 Å². The first-order valence-corrected chi connectivity index (χ1v) is 6.40. The molecule has 0 unspecified atom stereocenters. The van der Waals surface area contributed by atoms with Gasteiger partial charge in [0.15, 0.2) is 0 Å².